The highest BCUT2D eigenvalue weighted by Gasteiger charge is 2.25. The molecule has 2 rings (SSSR count). The lowest BCUT2D eigenvalue weighted by molar-refractivity contribution is -0.121. The van der Waals surface area contributed by atoms with Crippen molar-refractivity contribution < 1.29 is 9.59 Å². The molecule has 0 bridgehead atoms. The third-order valence-electron chi connectivity index (χ3n) is 3.63. The molecule has 1 aliphatic rings. The first-order valence-electron chi connectivity index (χ1n) is 7.09. The summed E-state index contributed by atoms with van der Waals surface area (Å²) >= 11 is 6.08. The number of carbonyl (C=O) groups excluding carboxylic acids is 2. The lowest BCUT2D eigenvalue weighted by Gasteiger charge is -2.25. The molecule has 5 nitrogen and oxygen atoms in total. The van der Waals surface area contributed by atoms with Gasteiger partial charge in [-0.3, -0.25) is 9.59 Å². The number of benzene rings is 1. The van der Waals surface area contributed by atoms with Gasteiger partial charge in [0.1, 0.15) is 0 Å². The summed E-state index contributed by atoms with van der Waals surface area (Å²) < 4.78 is 0. The Labute approximate surface area is 141 Å². The SMILES string of the molecule is CC(=O)Nc1ccc(NC(=O)C2CCCC(N)C2)cc1Cl.Cl. The van der Waals surface area contributed by atoms with Crippen molar-refractivity contribution in [1.82, 2.24) is 0 Å². The number of nitrogens with one attached hydrogen (secondary N) is 2. The highest BCUT2D eigenvalue weighted by molar-refractivity contribution is 6.34. The third-order valence-corrected chi connectivity index (χ3v) is 3.95. The molecule has 2 amide bonds. The maximum atomic E-state index is 12.2. The fourth-order valence-electron chi connectivity index (χ4n) is 2.59. The van der Waals surface area contributed by atoms with Crippen molar-refractivity contribution in [3.63, 3.8) is 0 Å². The molecule has 0 heterocycles. The second-order valence-corrected chi connectivity index (χ2v) is 5.90. The number of hydrogen-bond acceptors (Lipinski definition) is 3. The van der Waals surface area contributed by atoms with E-state index in [4.69, 9.17) is 17.3 Å². The quantitative estimate of drug-likeness (QED) is 0.786. The summed E-state index contributed by atoms with van der Waals surface area (Å²) in [7, 11) is 0. The van der Waals surface area contributed by atoms with Crippen LogP contribution in [-0.2, 0) is 9.59 Å². The second kappa shape index (κ2) is 8.36. The maximum absolute atomic E-state index is 12.2. The van der Waals surface area contributed by atoms with Crippen LogP contribution >= 0.6 is 24.0 Å². The zero-order chi connectivity index (χ0) is 15.4. The Balaban J connectivity index is 0.00000242. The van der Waals surface area contributed by atoms with Gasteiger partial charge in [0.05, 0.1) is 10.7 Å². The Morgan fingerprint density at radius 2 is 2.00 bits per heavy atom. The summed E-state index contributed by atoms with van der Waals surface area (Å²) in [6.07, 6.45) is 3.57. The fraction of sp³-hybridized carbons (Fsp3) is 0.467. The molecular weight excluding hydrogens is 325 g/mol. The lowest BCUT2D eigenvalue weighted by atomic mass is 9.85. The molecular formula is C15H21Cl2N3O2. The van der Waals surface area contributed by atoms with Gasteiger partial charge in [-0.2, -0.15) is 0 Å². The molecule has 1 aromatic rings. The summed E-state index contributed by atoms with van der Waals surface area (Å²) in [6, 6.07) is 5.14. The van der Waals surface area contributed by atoms with Crippen LogP contribution in [0.3, 0.4) is 0 Å². The molecule has 1 saturated carbocycles. The molecule has 0 aliphatic heterocycles. The predicted molar refractivity (Wildman–Crippen MR) is 91.6 cm³/mol. The molecule has 4 N–H and O–H groups in total. The van der Waals surface area contributed by atoms with E-state index < -0.39 is 0 Å². The highest BCUT2D eigenvalue weighted by atomic mass is 35.5. The van der Waals surface area contributed by atoms with Crippen LogP contribution < -0.4 is 16.4 Å². The summed E-state index contributed by atoms with van der Waals surface area (Å²) in [4.78, 5) is 23.2. The number of carbonyl (C=O) groups is 2. The first-order chi connectivity index (χ1) is 9.95. The molecule has 1 aliphatic carbocycles. The Morgan fingerprint density at radius 1 is 1.27 bits per heavy atom. The first kappa shape index (κ1) is 18.7. The summed E-state index contributed by atoms with van der Waals surface area (Å²) in [5.74, 6) is -0.249. The van der Waals surface area contributed by atoms with Crippen molar-refractivity contribution in [2.45, 2.75) is 38.6 Å². The van der Waals surface area contributed by atoms with Gasteiger partial charge in [0.25, 0.3) is 0 Å². The number of rotatable bonds is 3. The van der Waals surface area contributed by atoms with Gasteiger partial charge in [0, 0.05) is 24.6 Å². The van der Waals surface area contributed by atoms with E-state index in [0.29, 0.717) is 16.4 Å². The Morgan fingerprint density at radius 3 is 2.59 bits per heavy atom. The van der Waals surface area contributed by atoms with Crippen LogP contribution in [0.25, 0.3) is 0 Å². The normalized spacial score (nSPS) is 20.7. The number of nitrogens with two attached hydrogens (primary N) is 1. The molecule has 122 valence electrons. The average molecular weight is 346 g/mol. The Hall–Kier alpha value is -1.30. The van der Waals surface area contributed by atoms with Crippen molar-refractivity contribution in [1.29, 1.82) is 0 Å². The van der Waals surface area contributed by atoms with Crippen LogP contribution in [0, 0.1) is 5.92 Å². The minimum absolute atomic E-state index is 0. The standard InChI is InChI=1S/C15H20ClN3O2.ClH/c1-9(20)18-14-6-5-12(8-13(14)16)19-15(21)10-3-2-4-11(17)7-10;/h5-6,8,10-11H,2-4,7,17H2,1H3,(H,18,20)(H,19,21);1H. The van der Waals surface area contributed by atoms with Crippen molar-refractivity contribution in [3.05, 3.63) is 23.2 Å². The van der Waals surface area contributed by atoms with Gasteiger partial charge in [-0.05, 0) is 37.5 Å². The van der Waals surface area contributed by atoms with Gasteiger partial charge >= 0.3 is 0 Å². The summed E-state index contributed by atoms with van der Waals surface area (Å²) in [6.45, 7) is 1.42. The van der Waals surface area contributed by atoms with Crippen LogP contribution in [0.2, 0.25) is 5.02 Å². The second-order valence-electron chi connectivity index (χ2n) is 5.49. The Kier molecular flexibility index (Phi) is 7.13. The zero-order valence-corrected chi connectivity index (χ0v) is 14.0. The number of halogens is 2. The topological polar surface area (TPSA) is 84.2 Å². The zero-order valence-electron chi connectivity index (χ0n) is 12.4. The lowest BCUT2D eigenvalue weighted by Crippen LogP contribution is -2.34. The largest absolute Gasteiger partial charge is 0.328 e. The van der Waals surface area contributed by atoms with Crippen LogP contribution in [0.5, 0.6) is 0 Å². The average Bonchev–Trinajstić information content (AvgIpc) is 2.41. The van der Waals surface area contributed by atoms with Gasteiger partial charge in [0.15, 0.2) is 0 Å². The van der Waals surface area contributed by atoms with Crippen LogP contribution in [0.1, 0.15) is 32.6 Å². The molecule has 0 radical (unpaired) electrons. The number of amides is 2. The first-order valence-corrected chi connectivity index (χ1v) is 7.47. The van der Waals surface area contributed by atoms with E-state index in [1.807, 2.05) is 0 Å². The van der Waals surface area contributed by atoms with Gasteiger partial charge < -0.3 is 16.4 Å². The highest BCUT2D eigenvalue weighted by Crippen LogP contribution is 2.28. The van der Waals surface area contributed by atoms with Crippen LogP contribution in [0.4, 0.5) is 11.4 Å². The molecule has 7 heteroatoms. The smallest absolute Gasteiger partial charge is 0.227 e. The van der Waals surface area contributed by atoms with E-state index in [0.717, 1.165) is 25.7 Å². The predicted octanol–water partition coefficient (Wildman–Crippen LogP) is 3.18. The number of anilines is 2. The monoisotopic (exact) mass is 345 g/mol. The summed E-state index contributed by atoms with van der Waals surface area (Å²) in [5, 5.41) is 5.88. The van der Waals surface area contributed by atoms with Gasteiger partial charge in [-0.25, -0.2) is 0 Å². The molecule has 0 spiro atoms. The molecule has 22 heavy (non-hydrogen) atoms. The molecule has 0 saturated heterocycles. The van der Waals surface area contributed by atoms with Crippen LogP contribution in [0.15, 0.2) is 18.2 Å². The van der Waals surface area contributed by atoms with Crippen molar-refractivity contribution in [2.75, 3.05) is 10.6 Å². The van der Waals surface area contributed by atoms with E-state index in [9.17, 15) is 9.59 Å². The van der Waals surface area contributed by atoms with Crippen molar-refractivity contribution in [2.24, 2.45) is 11.7 Å². The summed E-state index contributed by atoms with van der Waals surface area (Å²) in [5.41, 5.74) is 7.06. The minimum atomic E-state index is -0.190. The molecule has 0 aromatic heterocycles. The van der Waals surface area contributed by atoms with Gasteiger partial charge in [-0.15, -0.1) is 12.4 Å². The molecule has 2 unspecified atom stereocenters. The van der Waals surface area contributed by atoms with E-state index in [2.05, 4.69) is 10.6 Å². The maximum Gasteiger partial charge on any atom is 0.227 e. The van der Waals surface area contributed by atoms with Crippen LogP contribution in [-0.4, -0.2) is 17.9 Å². The van der Waals surface area contributed by atoms with Gasteiger partial charge in [-0.1, -0.05) is 18.0 Å². The fourth-order valence-corrected chi connectivity index (χ4v) is 2.82. The molecule has 1 aromatic carbocycles. The third kappa shape index (κ3) is 5.16. The van der Waals surface area contributed by atoms with E-state index in [-0.39, 0.29) is 36.2 Å². The number of hydrogen-bond donors (Lipinski definition) is 3. The Bertz CT molecular complexity index is 552. The van der Waals surface area contributed by atoms with E-state index in [1.165, 1.54) is 6.92 Å². The van der Waals surface area contributed by atoms with E-state index in [1.54, 1.807) is 18.2 Å². The van der Waals surface area contributed by atoms with Crippen molar-refractivity contribution >= 4 is 47.2 Å². The minimum Gasteiger partial charge on any atom is -0.328 e. The van der Waals surface area contributed by atoms with E-state index >= 15 is 0 Å². The molecule has 2 atom stereocenters. The van der Waals surface area contributed by atoms with Gasteiger partial charge in [0.2, 0.25) is 11.8 Å². The molecule has 1 fully saturated rings. The van der Waals surface area contributed by atoms with Crippen molar-refractivity contribution in [3.8, 4) is 0 Å².